The van der Waals surface area contributed by atoms with Crippen molar-refractivity contribution in [2.75, 3.05) is 25.0 Å². The number of anilines is 1. The van der Waals surface area contributed by atoms with E-state index in [1.807, 2.05) is 13.0 Å². The van der Waals surface area contributed by atoms with Crippen molar-refractivity contribution in [3.8, 4) is 0 Å². The van der Waals surface area contributed by atoms with E-state index in [1.54, 1.807) is 36.9 Å². The highest BCUT2D eigenvalue weighted by Gasteiger charge is 2.26. The number of amides is 2. The van der Waals surface area contributed by atoms with Gasteiger partial charge in [0.1, 0.15) is 10.7 Å². The second-order valence-corrected chi connectivity index (χ2v) is 8.83. The van der Waals surface area contributed by atoms with Gasteiger partial charge in [0.2, 0.25) is 15.9 Å². The van der Waals surface area contributed by atoms with E-state index in [0.717, 1.165) is 22.0 Å². The molecule has 0 bridgehead atoms. The van der Waals surface area contributed by atoms with Crippen LogP contribution in [0.2, 0.25) is 0 Å². The number of carbonyl (C=O) groups is 2. The van der Waals surface area contributed by atoms with Gasteiger partial charge in [0.15, 0.2) is 0 Å². The Kier molecular flexibility index (Phi) is 8.29. The summed E-state index contributed by atoms with van der Waals surface area (Å²) < 4.78 is 40.8. The van der Waals surface area contributed by atoms with Crippen molar-refractivity contribution in [1.29, 1.82) is 0 Å². The molecule has 2 aromatic carbocycles. The molecule has 2 aromatic rings. The number of nitrogens with one attached hydrogen (secondary N) is 1. The van der Waals surface area contributed by atoms with E-state index in [4.69, 9.17) is 0 Å². The first kappa shape index (κ1) is 24.5. The Hall–Kier alpha value is -2.78. The Morgan fingerprint density at radius 3 is 2.26 bits per heavy atom. The number of hydrogen-bond acceptors (Lipinski definition) is 4. The number of benzene rings is 2. The van der Waals surface area contributed by atoms with Crippen LogP contribution in [0.1, 0.15) is 43.6 Å². The highest BCUT2D eigenvalue weighted by molar-refractivity contribution is 7.89. The van der Waals surface area contributed by atoms with Crippen molar-refractivity contribution < 1.29 is 22.4 Å². The van der Waals surface area contributed by atoms with Gasteiger partial charge in [0, 0.05) is 44.4 Å². The Bertz CT molecular complexity index is 1050. The molecule has 7 nitrogen and oxygen atoms in total. The maximum absolute atomic E-state index is 14.3. The fraction of sp³-hybridized carbons (Fsp3) is 0.364. The van der Waals surface area contributed by atoms with Crippen LogP contribution in [-0.2, 0) is 21.4 Å². The van der Waals surface area contributed by atoms with E-state index >= 15 is 0 Å². The minimum atomic E-state index is -4.05. The Balaban J connectivity index is 2.27. The van der Waals surface area contributed by atoms with E-state index in [2.05, 4.69) is 5.32 Å². The molecule has 0 aromatic heterocycles. The lowest BCUT2D eigenvalue weighted by molar-refractivity contribution is -0.129. The van der Waals surface area contributed by atoms with Crippen molar-refractivity contribution >= 4 is 27.5 Å². The smallest absolute Gasteiger partial charge is 0.255 e. The summed E-state index contributed by atoms with van der Waals surface area (Å²) in [6.45, 7) is 8.04. The molecule has 0 saturated carbocycles. The van der Waals surface area contributed by atoms with Crippen LogP contribution < -0.4 is 5.32 Å². The van der Waals surface area contributed by atoms with Crippen LogP contribution >= 0.6 is 0 Å². The summed E-state index contributed by atoms with van der Waals surface area (Å²) in [5.74, 6) is -1.52. The van der Waals surface area contributed by atoms with Crippen LogP contribution in [0.25, 0.3) is 0 Å². The molecule has 0 fully saturated rings. The third-order valence-electron chi connectivity index (χ3n) is 4.90. The summed E-state index contributed by atoms with van der Waals surface area (Å²) in [4.78, 5) is 25.5. The highest BCUT2D eigenvalue weighted by atomic mass is 32.2. The lowest BCUT2D eigenvalue weighted by Gasteiger charge is -2.19. The summed E-state index contributed by atoms with van der Waals surface area (Å²) in [6.07, 6.45) is 0. The van der Waals surface area contributed by atoms with Crippen LogP contribution in [0.15, 0.2) is 47.4 Å². The Morgan fingerprint density at radius 1 is 1.00 bits per heavy atom. The minimum Gasteiger partial charge on any atom is -0.339 e. The van der Waals surface area contributed by atoms with Crippen molar-refractivity contribution in [3.63, 3.8) is 0 Å². The summed E-state index contributed by atoms with van der Waals surface area (Å²) in [6, 6.07) is 10.3. The zero-order valence-corrected chi connectivity index (χ0v) is 19.0. The molecule has 31 heavy (non-hydrogen) atoms. The number of sulfonamides is 1. The third-order valence-corrected chi connectivity index (χ3v) is 6.97. The standard InChI is InChI=1S/C22H28FN3O4S/c1-5-25(16(4)27)15-17-9-8-10-19(13-17)24-22(28)18-11-12-20(23)21(14-18)31(29,30)26(6-2)7-3/h8-14H,5-7,15H2,1-4H3,(H,24,28). The predicted molar refractivity (Wildman–Crippen MR) is 118 cm³/mol. The van der Waals surface area contributed by atoms with Gasteiger partial charge in [-0.15, -0.1) is 0 Å². The average Bonchev–Trinajstić information content (AvgIpc) is 2.72. The maximum Gasteiger partial charge on any atom is 0.255 e. The molecule has 0 spiro atoms. The van der Waals surface area contributed by atoms with E-state index in [0.29, 0.717) is 18.8 Å². The molecule has 0 radical (unpaired) electrons. The van der Waals surface area contributed by atoms with Crippen molar-refractivity contribution in [1.82, 2.24) is 9.21 Å². The minimum absolute atomic E-state index is 0.0245. The Morgan fingerprint density at radius 2 is 1.68 bits per heavy atom. The predicted octanol–water partition coefficient (Wildman–Crippen LogP) is 3.48. The first-order valence-corrected chi connectivity index (χ1v) is 11.5. The molecule has 2 rings (SSSR count). The number of hydrogen-bond donors (Lipinski definition) is 1. The topological polar surface area (TPSA) is 86.8 Å². The zero-order chi connectivity index (χ0) is 23.2. The van der Waals surface area contributed by atoms with Crippen LogP contribution in [0, 0.1) is 5.82 Å². The van der Waals surface area contributed by atoms with Crippen molar-refractivity contribution in [2.24, 2.45) is 0 Å². The molecule has 0 atom stereocenters. The van der Waals surface area contributed by atoms with E-state index in [-0.39, 0.29) is 24.6 Å². The number of halogens is 1. The second-order valence-electron chi connectivity index (χ2n) is 6.92. The van der Waals surface area contributed by atoms with Gasteiger partial charge in [-0.1, -0.05) is 26.0 Å². The van der Waals surface area contributed by atoms with Gasteiger partial charge >= 0.3 is 0 Å². The molecular formula is C22H28FN3O4S. The first-order valence-electron chi connectivity index (χ1n) is 10.1. The fourth-order valence-electron chi connectivity index (χ4n) is 3.16. The van der Waals surface area contributed by atoms with Gasteiger partial charge < -0.3 is 10.2 Å². The number of nitrogens with zero attached hydrogens (tertiary/aromatic N) is 2. The SMILES string of the molecule is CCN(Cc1cccc(NC(=O)c2ccc(F)c(S(=O)(=O)N(CC)CC)c2)c1)C(C)=O. The van der Waals surface area contributed by atoms with Crippen LogP contribution in [0.3, 0.4) is 0 Å². The maximum atomic E-state index is 14.3. The van der Waals surface area contributed by atoms with E-state index < -0.39 is 26.6 Å². The van der Waals surface area contributed by atoms with Gasteiger partial charge in [-0.3, -0.25) is 9.59 Å². The number of rotatable bonds is 9. The largest absolute Gasteiger partial charge is 0.339 e. The lowest BCUT2D eigenvalue weighted by Crippen LogP contribution is -2.31. The molecule has 2 amide bonds. The Labute approximate surface area is 182 Å². The molecule has 0 aliphatic heterocycles. The van der Waals surface area contributed by atoms with E-state index in [9.17, 15) is 22.4 Å². The van der Waals surface area contributed by atoms with Crippen molar-refractivity contribution in [2.45, 2.75) is 39.1 Å². The molecule has 168 valence electrons. The van der Waals surface area contributed by atoms with Gasteiger partial charge in [-0.25, -0.2) is 12.8 Å². The van der Waals surface area contributed by atoms with Gasteiger partial charge in [0.05, 0.1) is 0 Å². The molecule has 0 saturated heterocycles. The molecule has 0 unspecified atom stereocenters. The molecule has 1 N–H and O–H groups in total. The third kappa shape index (κ3) is 5.89. The fourth-order valence-corrected chi connectivity index (χ4v) is 4.71. The number of carbonyl (C=O) groups excluding carboxylic acids is 2. The molecule has 0 aliphatic rings. The van der Waals surface area contributed by atoms with Gasteiger partial charge in [0.25, 0.3) is 5.91 Å². The summed E-state index contributed by atoms with van der Waals surface area (Å²) in [5.41, 5.74) is 1.34. The van der Waals surface area contributed by atoms with Crippen LogP contribution in [0.5, 0.6) is 0 Å². The van der Waals surface area contributed by atoms with Crippen LogP contribution in [-0.4, -0.2) is 49.1 Å². The normalized spacial score (nSPS) is 11.4. The van der Waals surface area contributed by atoms with E-state index in [1.165, 1.54) is 13.0 Å². The summed E-state index contributed by atoms with van der Waals surface area (Å²) in [7, 11) is -4.05. The highest BCUT2D eigenvalue weighted by Crippen LogP contribution is 2.22. The van der Waals surface area contributed by atoms with Crippen molar-refractivity contribution in [3.05, 3.63) is 59.4 Å². The van der Waals surface area contributed by atoms with Crippen LogP contribution in [0.4, 0.5) is 10.1 Å². The monoisotopic (exact) mass is 449 g/mol. The molecular weight excluding hydrogens is 421 g/mol. The lowest BCUT2D eigenvalue weighted by atomic mass is 10.1. The molecule has 0 aliphatic carbocycles. The zero-order valence-electron chi connectivity index (χ0n) is 18.2. The molecule has 9 heteroatoms. The second kappa shape index (κ2) is 10.5. The molecule has 0 heterocycles. The van der Waals surface area contributed by atoms with Gasteiger partial charge in [-0.2, -0.15) is 4.31 Å². The quantitative estimate of drug-likeness (QED) is 0.635. The van der Waals surface area contributed by atoms with Gasteiger partial charge in [-0.05, 0) is 42.8 Å². The average molecular weight is 450 g/mol. The first-order chi connectivity index (χ1) is 14.6. The summed E-state index contributed by atoms with van der Waals surface area (Å²) in [5, 5.41) is 2.70. The summed E-state index contributed by atoms with van der Waals surface area (Å²) >= 11 is 0.